The molecule has 0 radical (unpaired) electrons. The summed E-state index contributed by atoms with van der Waals surface area (Å²) in [6.07, 6.45) is 7.08. The first-order valence-corrected chi connectivity index (χ1v) is 10.8. The number of amides is 2. The molecule has 4 saturated carbocycles. The summed E-state index contributed by atoms with van der Waals surface area (Å²) in [5, 5.41) is 3.02. The van der Waals surface area contributed by atoms with Crippen molar-refractivity contribution in [2.45, 2.75) is 57.9 Å². The van der Waals surface area contributed by atoms with Crippen molar-refractivity contribution in [1.29, 1.82) is 0 Å². The molecule has 4 fully saturated rings. The normalized spacial score (nSPS) is 30.8. The molecule has 4 nitrogen and oxygen atoms in total. The molecule has 2 amide bonds. The molecule has 0 aromatic heterocycles. The summed E-state index contributed by atoms with van der Waals surface area (Å²) >= 11 is 0. The van der Waals surface area contributed by atoms with Crippen LogP contribution in [0.25, 0.3) is 0 Å². The lowest BCUT2D eigenvalue weighted by molar-refractivity contribution is -0.146. The van der Waals surface area contributed by atoms with E-state index in [0.717, 1.165) is 31.4 Å². The zero-order valence-corrected chi connectivity index (χ0v) is 17.2. The Bertz CT molecular complexity index is 775. The lowest BCUT2D eigenvalue weighted by Crippen LogP contribution is -2.53. The van der Waals surface area contributed by atoms with Gasteiger partial charge in [-0.15, -0.1) is 0 Å². The molecule has 158 valence electrons. The Labute approximate surface area is 171 Å². The monoisotopic (exact) mass is 404 g/mol. The molecule has 5 rings (SSSR count). The summed E-state index contributed by atoms with van der Waals surface area (Å²) in [6, 6.07) is 3.31. The summed E-state index contributed by atoms with van der Waals surface area (Å²) in [7, 11) is 1.65. The molecule has 4 aliphatic rings. The maximum atomic E-state index is 13.5. The van der Waals surface area contributed by atoms with Gasteiger partial charge in [0.25, 0.3) is 0 Å². The third-order valence-corrected chi connectivity index (χ3v) is 7.54. The fraction of sp³-hybridized carbons (Fsp3) is 0.652. The number of hydrogen-bond donors (Lipinski definition) is 1. The molecule has 1 atom stereocenters. The second kappa shape index (κ2) is 7.69. The number of carbonyl (C=O) groups is 2. The third kappa shape index (κ3) is 3.90. The van der Waals surface area contributed by atoms with E-state index in [0.29, 0.717) is 29.9 Å². The van der Waals surface area contributed by atoms with Crippen molar-refractivity contribution in [3.8, 4) is 0 Å². The first kappa shape index (κ1) is 20.3. The van der Waals surface area contributed by atoms with Crippen LogP contribution in [0.3, 0.4) is 0 Å². The third-order valence-electron chi connectivity index (χ3n) is 7.54. The van der Waals surface area contributed by atoms with Crippen molar-refractivity contribution < 1.29 is 18.4 Å². The topological polar surface area (TPSA) is 49.4 Å². The summed E-state index contributed by atoms with van der Waals surface area (Å²) in [4.78, 5) is 27.0. The van der Waals surface area contributed by atoms with Crippen molar-refractivity contribution in [3.05, 3.63) is 35.4 Å². The van der Waals surface area contributed by atoms with Crippen molar-refractivity contribution in [2.24, 2.45) is 23.2 Å². The number of benzene rings is 1. The summed E-state index contributed by atoms with van der Waals surface area (Å²) in [5.41, 5.74) is 0.333. The zero-order valence-electron chi connectivity index (χ0n) is 17.2. The van der Waals surface area contributed by atoms with Crippen LogP contribution in [0.4, 0.5) is 8.78 Å². The second-order valence-corrected chi connectivity index (χ2v) is 9.56. The summed E-state index contributed by atoms with van der Waals surface area (Å²) in [5.74, 6) is 0.291. The van der Waals surface area contributed by atoms with Gasteiger partial charge in [-0.2, -0.15) is 0 Å². The molecular weight excluding hydrogens is 374 g/mol. The van der Waals surface area contributed by atoms with Gasteiger partial charge in [0.15, 0.2) is 11.6 Å². The quantitative estimate of drug-likeness (QED) is 0.772. The van der Waals surface area contributed by atoms with Crippen molar-refractivity contribution in [3.63, 3.8) is 0 Å². The van der Waals surface area contributed by atoms with Gasteiger partial charge < -0.3 is 10.2 Å². The van der Waals surface area contributed by atoms with Gasteiger partial charge in [-0.1, -0.05) is 6.07 Å². The number of rotatable bonds is 6. The molecule has 1 N–H and O–H groups in total. The van der Waals surface area contributed by atoms with Gasteiger partial charge in [0.2, 0.25) is 11.8 Å². The van der Waals surface area contributed by atoms with Gasteiger partial charge >= 0.3 is 0 Å². The fourth-order valence-corrected chi connectivity index (χ4v) is 6.25. The van der Waals surface area contributed by atoms with E-state index >= 15 is 0 Å². The zero-order chi connectivity index (χ0) is 20.8. The van der Waals surface area contributed by atoms with Crippen LogP contribution in [-0.2, 0) is 9.59 Å². The first-order chi connectivity index (χ1) is 13.8. The molecule has 0 saturated heterocycles. The Kier molecular flexibility index (Phi) is 5.38. The Morgan fingerprint density at radius 2 is 1.69 bits per heavy atom. The lowest BCUT2D eigenvalue weighted by Gasteiger charge is -2.55. The summed E-state index contributed by atoms with van der Waals surface area (Å²) < 4.78 is 26.6. The molecule has 0 spiro atoms. The average Bonchev–Trinajstić information content (AvgIpc) is 2.67. The van der Waals surface area contributed by atoms with Crippen molar-refractivity contribution in [1.82, 2.24) is 10.2 Å². The first-order valence-electron chi connectivity index (χ1n) is 10.8. The van der Waals surface area contributed by atoms with Gasteiger partial charge in [0, 0.05) is 25.4 Å². The Hall–Kier alpha value is -1.98. The molecule has 4 aliphatic carbocycles. The van der Waals surface area contributed by atoms with Crippen LogP contribution in [0.15, 0.2) is 18.2 Å². The van der Waals surface area contributed by atoms with Crippen LogP contribution in [-0.4, -0.2) is 30.3 Å². The minimum atomic E-state index is -0.918. The standard InChI is InChI=1S/C23H30F2N2O2/c1-14(18-3-4-19(24)20(25)10-18)27(2)21(28)5-6-26-22(29)23-11-15-7-16(12-23)9-17(8-15)13-23/h3-4,10,14-17H,5-9,11-13H2,1-2H3,(H,26,29). The van der Waals surface area contributed by atoms with Crippen LogP contribution in [0, 0.1) is 34.8 Å². The van der Waals surface area contributed by atoms with E-state index in [1.807, 2.05) is 0 Å². The largest absolute Gasteiger partial charge is 0.355 e. The van der Waals surface area contributed by atoms with E-state index in [9.17, 15) is 18.4 Å². The number of nitrogens with zero attached hydrogens (tertiary/aromatic N) is 1. The highest BCUT2D eigenvalue weighted by atomic mass is 19.2. The predicted molar refractivity (Wildman–Crippen MR) is 106 cm³/mol. The maximum absolute atomic E-state index is 13.5. The molecule has 6 heteroatoms. The van der Waals surface area contributed by atoms with Crippen LogP contribution < -0.4 is 5.32 Å². The molecule has 1 aromatic rings. The summed E-state index contributed by atoms with van der Waals surface area (Å²) in [6.45, 7) is 2.09. The van der Waals surface area contributed by atoms with E-state index in [4.69, 9.17) is 0 Å². The van der Waals surface area contributed by atoms with E-state index in [1.54, 1.807) is 14.0 Å². The van der Waals surface area contributed by atoms with Crippen LogP contribution in [0.1, 0.15) is 63.5 Å². The Morgan fingerprint density at radius 3 is 2.24 bits per heavy atom. The minimum absolute atomic E-state index is 0.126. The van der Waals surface area contributed by atoms with Crippen LogP contribution in [0.2, 0.25) is 0 Å². The SMILES string of the molecule is CC(c1ccc(F)c(F)c1)N(C)C(=O)CCNC(=O)C12CC3CC(CC(C3)C1)C2. The molecule has 1 aromatic carbocycles. The van der Waals surface area contributed by atoms with Crippen LogP contribution in [0.5, 0.6) is 0 Å². The molecular formula is C23H30F2N2O2. The van der Waals surface area contributed by atoms with Crippen molar-refractivity contribution in [2.75, 3.05) is 13.6 Å². The molecule has 0 heterocycles. The minimum Gasteiger partial charge on any atom is -0.355 e. The van der Waals surface area contributed by atoms with E-state index in [-0.39, 0.29) is 29.7 Å². The number of nitrogens with one attached hydrogen (secondary N) is 1. The highest BCUT2D eigenvalue weighted by molar-refractivity contribution is 5.84. The second-order valence-electron chi connectivity index (χ2n) is 9.56. The maximum Gasteiger partial charge on any atom is 0.226 e. The molecule has 4 bridgehead atoms. The van der Waals surface area contributed by atoms with Gasteiger partial charge in [0.05, 0.1) is 6.04 Å². The van der Waals surface area contributed by atoms with Crippen LogP contribution >= 0.6 is 0 Å². The molecule has 0 aliphatic heterocycles. The smallest absolute Gasteiger partial charge is 0.226 e. The highest BCUT2D eigenvalue weighted by Crippen LogP contribution is 2.60. The molecule has 1 unspecified atom stereocenters. The predicted octanol–water partition coefficient (Wildman–Crippen LogP) is 4.21. The van der Waals surface area contributed by atoms with Gasteiger partial charge in [-0.3, -0.25) is 9.59 Å². The average molecular weight is 405 g/mol. The molecule has 29 heavy (non-hydrogen) atoms. The Morgan fingerprint density at radius 1 is 1.10 bits per heavy atom. The number of carbonyl (C=O) groups excluding carboxylic acids is 2. The van der Waals surface area contributed by atoms with Gasteiger partial charge in [0.1, 0.15) is 0 Å². The lowest BCUT2D eigenvalue weighted by atomic mass is 9.49. The number of hydrogen-bond acceptors (Lipinski definition) is 2. The Balaban J connectivity index is 1.29. The highest BCUT2D eigenvalue weighted by Gasteiger charge is 2.54. The van der Waals surface area contributed by atoms with E-state index < -0.39 is 11.6 Å². The fourth-order valence-electron chi connectivity index (χ4n) is 6.25. The van der Waals surface area contributed by atoms with Gasteiger partial charge in [-0.05, 0) is 80.9 Å². The van der Waals surface area contributed by atoms with E-state index in [1.165, 1.54) is 30.2 Å². The van der Waals surface area contributed by atoms with Crippen molar-refractivity contribution >= 4 is 11.8 Å². The van der Waals surface area contributed by atoms with E-state index in [2.05, 4.69) is 5.32 Å². The van der Waals surface area contributed by atoms with Gasteiger partial charge in [-0.25, -0.2) is 8.78 Å². The number of halogens is 2.